The van der Waals surface area contributed by atoms with E-state index in [-0.39, 0.29) is 0 Å². The molecular weight excluding hydrogens is 284 g/mol. The summed E-state index contributed by atoms with van der Waals surface area (Å²) in [5.74, 6) is 0. The van der Waals surface area contributed by atoms with Gasteiger partial charge in [0.1, 0.15) is 0 Å². The van der Waals surface area contributed by atoms with Crippen molar-refractivity contribution in [1.82, 2.24) is 5.32 Å². The Hall–Kier alpha value is -0.590. The van der Waals surface area contributed by atoms with Gasteiger partial charge in [-0.25, -0.2) is 0 Å². The number of unbranched alkanes of at least 4 members (excludes halogenated alkanes) is 11. The van der Waals surface area contributed by atoms with Crippen molar-refractivity contribution in [2.24, 2.45) is 0 Å². The summed E-state index contributed by atoms with van der Waals surface area (Å²) < 4.78 is 5.63. The zero-order chi connectivity index (χ0) is 16.8. The fourth-order valence-electron chi connectivity index (χ4n) is 2.72. The highest BCUT2D eigenvalue weighted by Gasteiger charge is 1.94. The van der Waals surface area contributed by atoms with E-state index in [1.165, 1.54) is 77.0 Å². The van der Waals surface area contributed by atoms with Crippen LogP contribution in [-0.4, -0.2) is 26.3 Å². The first-order valence-electron chi connectivity index (χ1n) is 10.1. The molecule has 0 radical (unpaired) electrons. The Morgan fingerprint density at radius 1 is 0.696 bits per heavy atom. The summed E-state index contributed by atoms with van der Waals surface area (Å²) in [5, 5.41) is 11.6. The van der Waals surface area contributed by atoms with Gasteiger partial charge in [0.15, 0.2) is 0 Å². The molecule has 0 aromatic heterocycles. The first kappa shape index (κ1) is 22.4. The lowest BCUT2D eigenvalue weighted by molar-refractivity contribution is 0.127. The van der Waals surface area contributed by atoms with Crippen molar-refractivity contribution < 1.29 is 4.74 Å². The van der Waals surface area contributed by atoms with Crippen LogP contribution >= 0.6 is 0 Å². The molecule has 0 aromatic carbocycles. The molecule has 0 aliphatic heterocycles. The van der Waals surface area contributed by atoms with Crippen molar-refractivity contribution in [3.63, 3.8) is 0 Å². The number of ether oxygens (including phenoxy) is 1. The SMILES string of the molecule is CCCCCCCCCCCCCCOCCCNCCC#N. The molecule has 0 unspecified atom stereocenters. The molecule has 0 aliphatic rings. The number of hydrogen-bond donors (Lipinski definition) is 1. The third-order valence-electron chi connectivity index (χ3n) is 4.20. The van der Waals surface area contributed by atoms with Gasteiger partial charge in [-0.05, 0) is 19.4 Å². The average Bonchev–Trinajstić information content (AvgIpc) is 2.57. The van der Waals surface area contributed by atoms with Crippen LogP contribution in [0.2, 0.25) is 0 Å². The largest absolute Gasteiger partial charge is 0.381 e. The molecule has 0 fully saturated rings. The third-order valence-corrected chi connectivity index (χ3v) is 4.20. The molecule has 0 aromatic rings. The molecule has 0 saturated heterocycles. The highest BCUT2D eigenvalue weighted by atomic mass is 16.5. The topological polar surface area (TPSA) is 45.0 Å². The van der Waals surface area contributed by atoms with Crippen LogP contribution in [0.3, 0.4) is 0 Å². The van der Waals surface area contributed by atoms with Gasteiger partial charge in [-0.3, -0.25) is 0 Å². The van der Waals surface area contributed by atoms with Gasteiger partial charge in [0.2, 0.25) is 0 Å². The summed E-state index contributed by atoms with van der Waals surface area (Å²) in [6.07, 6.45) is 18.3. The molecule has 1 N–H and O–H groups in total. The molecular formula is C20H40N2O. The zero-order valence-corrected chi connectivity index (χ0v) is 15.6. The summed E-state index contributed by atoms with van der Waals surface area (Å²) in [6.45, 7) is 5.80. The van der Waals surface area contributed by atoms with Crippen LogP contribution in [0.4, 0.5) is 0 Å². The maximum absolute atomic E-state index is 8.40. The lowest BCUT2D eigenvalue weighted by atomic mass is 10.1. The van der Waals surface area contributed by atoms with Gasteiger partial charge in [-0.15, -0.1) is 0 Å². The fraction of sp³-hybridized carbons (Fsp3) is 0.950. The van der Waals surface area contributed by atoms with Gasteiger partial charge < -0.3 is 10.1 Å². The predicted octanol–water partition coefficient (Wildman–Crippen LogP) is 5.60. The van der Waals surface area contributed by atoms with Gasteiger partial charge >= 0.3 is 0 Å². The highest BCUT2D eigenvalue weighted by molar-refractivity contribution is 4.69. The predicted molar refractivity (Wildman–Crippen MR) is 99.6 cm³/mol. The highest BCUT2D eigenvalue weighted by Crippen LogP contribution is 2.11. The third kappa shape index (κ3) is 21.4. The van der Waals surface area contributed by atoms with Crippen LogP contribution in [-0.2, 0) is 4.74 Å². The van der Waals surface area contributed by atoms with Crippen LogP contribution in [0.5, 0.6) is 0 Å². The molecule has 0 aliphatic carbocycles. The minimum absolute atomic E-state index is 0.597. The summed E-state index contributed by atoms with van der Waals surface area (Å²) in [4.78, 5) is 0. The molecule has 0 atom stereocenters. The van der Waals surface area contributed by atoms with Crippen LogP contribution in [0, 0.1) is 11.3 Å². The minimum Gasteiger partial charge on any atom is -0.381 e. The first-order chi connectivity index (χ1) is 11.4. The average molecular weight is 325 g/mol. The Labute approximate surface area is 145 Å². The van der Waals surface area contributed by atoms with E-state index in [9.17, 15) is 0 Å². The molecule has 3 nitrogen and oxygen atoms in total. The lowest BCUT2D eigenvalue weighted by Crippen LogP contribution is -2.17. The van der Waals surface area contributed by atoms with Crippen molar-refractivity contribution in [2.45, 2.75) is 96.8 Å². The molecule has 23 heavy (non-hydrogen) atoms. The molecule has 0 amide bonds. The Morgan fingerprint density at radius 2 is 1.22 bits per heavy atom. The quantitative estimate of drug-likeness (QED) is 0.315. The number of nitrogens with one attached hydrogen (secondary N) is 1. The monoisotopic (exact) mass is 324 g/mol. The summed E-state index contributed by atoms with van der Waals surface area (Å²) in [5.41, 5.74) is 0. The fourth-order valence-corrected chi connectivity index (χ4v) is 2.72. The molecule has 136 valence electrons. The van der Waals surface area contributed by atoms with E-state index in [2.05, 4.69) is 18.3 Å². The molecule has 0 bridgehead atoms. The van der Waals surface area contributed by atoms with E-state index >= 15 is 0 Å². The maximum atomic E-state index is 8.40. The van der Waals surface area contributed by atoms with Crippen molar-refractivity contribution >= 4 is 0 Å². The second-order valence-corrected chi connectivity index (χ2v) is 6.51. The van der Waals surface area contributed by atoms with Gasteiger partial charge in [0, 0.05) is 26.2 Å². The number of nitrogens with zero attached hydrogens (tertiary/aromatic N) is 1. The normalized spacial score (nSPS) is 10.8. The number of rotatable bonds is 19. The van der Waals surface area contributed by atoms with Crippen LogP contribution in [0.15, 0.2) is 0 Å². The standard InChI is InChI=1S/C20H40N2O/c1-2-3-4-5-6-7-8-9-10-11-12-13-19-23-20-15-18-22-17-14-16-21/h22H,2-15,17-20H2,1H3. The van der Waals surface area contributed by atoms with Gasteiger partial charge in [-0.2, -0.15) is 5.26 Å². The maximum Gasteiger partial charge on any atom is 0.0635 e. The molecule has 0 heterocycles. The Bertz CT molecular complexity index is 251. The van der Waals surface area contributed by atoms with E-state index in [0.29, 0.717) is 6.42 Å². The Kier molecular flexibility index (Phi) is 20.9. The smallest absolute Gasteiger partial charge is 0.0635 e. The molecule has 3 heteroatoms. The van der Waals surface area contributed by atoms with E-state index in [1.54, 1.807) is 0 Å². The van der Waals surface area contributed by atoms with E-state index in [4.69, 9.17) is 10.00 Å². The van der Waals surface area contributed by atoms with Crippen LogP contribution in [0.25, 0.3) is 0 Å². The minimum atomic E-state index is 0.597. The van der Waals surface area contributed by atoms with Crippen LogP contribution < -0.4 is 5.32 Å². The van der Waals surface area contributed by atoms with Gasteiger partial charge in [-0.1, -0.05) is 77.6 Å². The van der Waals surface area contributed by atoms with Gasteiger partial charge in [0.25, 0.3) is 0 Å². The van der Waals surface area contributed by atoms with Crippen molar-refractivity contribution in [1.29, 1.82) is 5.26 Å². The second-order valence-electron chi connectivity index (χ2n) is 6.51. The number of nitriles is 1. The summed E-state index contributed by atoms with van der Waals surface area (Å²) in [6, 6.07) is 2.13. The lowest BCUT2D eigenvalue weighted by Gasteiger charge is -2.05. The molecule has 0 spiro atoms. The second kappa shape index (κ2) is 21.4. The zero-order valence-electron chi connectivity index (χ0n) is 15.6. The summed E-state index contributed by atoms with van der Waals surface area (Å²) in [7, 11) is 0. The number of hydrogen-bond acceptors (Lipinski definition) is 3. The van der Waals surface area contributed by atoms with E-state index in [1.807, 2.05) is 0 Å². The Balaban J connectivity index is 2.94. The van der Waals surface area contributed by atoms with Crippen molar-refractivity contribution in [3.05, 3.63) is 0 Å². The van der Waals surface area contributed by atoms with E-state index < -0.39 is 0 Å². The van der Waals surface area contributed by atoms with E-state index in [0.717, 1.165) is 32.7 Å². The van der Waals surface area contributed by atoms with Gasteiger partial charge in [0.05, 0.1) is 6.07 Å². The van der Waals surface area contributed by atoms with Crippen LogP contribution in [0.1, 0.15) is 96.8 Å². The molecule has 0 rings (SSSR count). The molecule has 0 saturated carbocycles. The van der Waals surface area contributed by atoms with Crippen molar-refractivity contribution in [2.75, 3.05) is 26.3 Å². The summed E-state index contributed by atoms with van der Waals surface area (Å²) >= 11 is 0. The Morgan fingerprint density at radius 3 is 1.78 bits per heavy atom. The first-order valence-corrected chi connectivity index (χ1v) is 10.1. The van der Waals surface area contributed by atoms with Crippen molar-refractivity contribution in [3.8, 4) is 6.07 Å².